The molecule has 0 amide bonds. The minimum atomic E-state index is -0.923. The Kier molecular flexibility index (Phi) is 2.98. The van der Waals surface area contributed by atoms with Crippen LogP contribution in [0.5, 0.6) is 0 Å². The van der Waals surface area contributed by atoms with Crippen molar-refractivity contribution in [1.82, 2.24) is 9.55 Å². The van der Waals surface area contributed by atoms with Crippen LogP contribution in [0.4, 0.5) is 0 Å². The monoisotopic (exact) mass is 260 g/mol. The fourth-order valence-corrected chi connectivity index (χ4v) is 2.61. The minimum Gasteiger partial charge on any atom is -0.478 e. The Morgan fingerprint density at radius 1 is 1.58 bits per heavy atom. The molecule has 0 spiro atoms. The molecule has 1 saturated heterocycles. The van der Waals surface area contributed by atoms with Gasteiger partial charge in [0.1, 0.15) is 5.82 Å². The van der Waals surface area contributed by atoms with E-state index in [1.807, 2.05) is 13.0 Å². The Balaban J connectivity index is 1.99. The van der Waals surface area contributed by atoms with E-state index in [1.165, 1.54) is 0 Å². The second-order valence-electron chi connectivity index (χ2n) is 4.91. The van der Waals surface area contributed by atoms with Crippen LogP contribution >= 0.6 is 0 Å². The number of hydrogen-bond acceptors (Lipinski definition) is 3. The van der Waals surface area contributed by atoms with Crippen LogP contribution in [0.25, 0.3) is 11.0 Å². The highest BCUT2D eigenvalue weighted by molar-refractivity contribution is 5.92. The molecule has 0 radical (unpaired) electrons. The summed E-state index contributed by atoms with van der Waals surface area (Å²) in [7, 11) is 0. The summed E-state index contributed by atoms with van der Waals surface area (Å²) in [6.07, 6.45) is 2.43. The number of carboxylic acid groups (broad SMARTS) is 1. The molecular formula is C14H16N2O3. The molecule has 2 aromatic rings. The van der Waals surface area contributed by atoms with E-state index in [1.54, 1.807) is 12.1 Å². The maximum atomic E-state index is 11.0. The second kappa shape index (κ2) is 4.66. The van der Waals surface area contributed by atoms with E-state index in [2.05, 4.69) is 9.55 Å². The van der Waals surface area contributed by atoms with Crippen molar-refractivity contribution in [3.05, 3.63) is 29.6 Å². The van der Waals surface area contributed by atoms with Gasteiger partial charge in [-0.3, -0.25) is 0 Å². The minimum absolute atomic E-state index is 0.246. The predicted molar refractivity (Wildman–Crippen MR) is 70.4 cm³/mol. The molecule has 1 aromatic heterocycles. The lowest BCUT2D eigenvalue weighted by atomic mass is 10.2. The Labute approximate surface area is 110 Å². The van der Waals surface area contributed by atoms with E-state index >= 15 is 0 Å². The van der Waals surface area contributed by atoms with Crippen molar-refractivity contribution < 1.29 is 14.6 Å². The average molecular weight is 260 g/mol. The van der Waals surface area contributed by atoms with Crippen molar-refractivity contribution in [1.29, 1.82) is 0 Å². The van der Waals surface area contributed by atoms with Crippen molar-refractivity contribution >= 4 is 17.0 Å². The molecule has 5 nitrogen and oxygen atoms in total. The zero-order valence-corrected chi connectivity index (χ0v) is 10.8. The first kappa shape index (κ1) is 12.2. The molecule has 100 valence electrons. The summed E-state index contributed by atoms with van der Waals surface area (Å²) in [5.41, 5.74) is 1.97. The smallest absolute Gasteiger partial charge is 0.335 e. The summed E-state index contributed by atoms with van der Waals surface area (Å²) in [6.45, 7) is 3.56. The number of fused-ring (bicyclic) bond motifs is 1. The molecule has 1 aliphatic rings. The van der Waals surface area contributed by atoms with Gasteiger partial charge in [-0.25, -0.2) is 9.78 Å². The standard InChI is InChI=1S/C14H16N2O3/c1-9-15-12-7-10(14(17)18)4-5-13(12)16(9)8-11-3-2-6-19-11/h4-5,7,11H,2-3,6,8H2,1H3,(H,17,18)/t11-/m1/s1. The van der Waals surface area contributed by atoms with Gasteiger partial charge in [-0.2, -0.15) is 0 Å². The Morgan fingerprint density at radius 3 is 3.11 bits per heavy atom. The van der Waals surface area contributed by atoms with Gasteiger partial charge in [0, 0.05) is 6.61 Å². The van der Waals surface area contributed by atoms with Crippen molar-refractivity contribution in [3.63, 3.8) is 0 Å². The highest BCUT2D eigenvalue weighted by Crippen LogP contribution is 2.21. The lowest BCUT2D eigenvalue weighted by Crippen LogP contribution is -2.15. The first-order chi connectivity index (χ1) is 9.15. The molecule has 1 fully saturated rings. The first-order valence-electron chi connectivity index (χ1n) is 6.47. The number of aromatic nitrogens is 2. The molecule has 0 aliphatic carbocycles. The fourth-order valence-electron chi connectivity index (χ4n) is 2.61. The van der Waals surface area contributed by atoms with Gasteiger partial charge < -0.3 is 14.4 Å². The van der Waals surface area contributed by atoms with Gasteiger partial charge in [-0.15, -0.1) is 0 Å². The van der Waals surface area contributed by atoms with Crippen molar-refractivity contribution in [2.24, 2.45) is 0 Å². The van der Waals surface area contributed by atoms with Gasteiger partial charge in [0.05, 0.1) is 29.2 Å². The highest BCUT2D eigenvalue weighted by Gasteiger charge is 2.19. The largest absolute Gasteiger partial charge is 0.478 e. The summed E-state index contributed by atoms with van der Waals surface area (Å²) < 4.78 is 7.76. The van der Waals surface area contributed by atoms with Gasteiger partial charge in [0.2, 0.25) is 0 Å². The maximum Gasteiger partial charge on any atom is 0.335 e. The molecule has 0 bridgehead atoms. The molecule has 1 aromatic carbocycles. The number of imidazole rings is 1. The fraction of sp³-hybridized carbons (Fsp3) is 0.429. The van der Waals surface area contributed by atoms with Crippen molar-refractivity contribution in [3.8, 4) is 0 Å². The van der Waals surface area contributed by atoms with Crippen LogP contribution in [0.2, 0.25) is 0 Å². The summed E-state index contributed by atoms with van der Waals surface area (Å²) in [4.78, 5) is 15.4. The number of hydrogen-bond donors (Lipinski definition) is 1. The molecule has 1 aliphatic heterocycles. The second-order valence-corrected chi connectivity index (χ2v) is 4.91. The Bertz CT molecular complexity index is 627. The van der Waals surface area contributed by atoms with Gasteiger partial charge in [0.25, 0.3) is 0 Å². The quantitative estimate of drug-likeness (QED) is 0.919. The van der Waals surface area contributed by atoms with Crippen LogP contribution in [-0.2, 0) is 11.3 Å². The molecule has 0 unspecified atom stereocenters. The van der Waals surface area contributed by atoms with Crippen molar-refractivity contribution in [2.75, 3.05) is 6.61 Å². The molecular weight excluding hydrogens is 244 g/mol. The lowest BCUT2D eigenvalue weighted by molar-refractivity contribution is 0.0697. The number of benzene rings is 1. The van der Waals surface area contributed by atoms with E-state index in [0.29, 0.717) is 0 Å². The normalized spacial score (nSPS) is 19.1. The van der Waals surface area contributed by atoms with Gasteiger partial charge >= 0.3 is 5.97 Å². The zero-order chi connectivity index (χ0) is 13.4. The third-order valence-corrected chi connectivity index (χ3v) is 3.60. The topological polar surface area (TPSA) is 64.3 Å². The van der Waals surface area contributed by atoms with Crippen LogP contribution < -0.4 is 0 Å². The molecule has 19 heavy (non-hydrogen) atoms. The third-order valence-electron chi connectivity index (χ3n) is 3.60. The molecule has 3 rings (SSSR count). The maximum absolute atomic E-state index is 11.0. The Morgan fingerprint density at radius 2 is 2.42 bits per heavy atom. The molecule has 2 heterocycles. The molecule has 5 heteroatoms. The number of nitrogens with zero attached hydrogens (tertiary/aromatic N) is 2. The van der Waals surface area contributed by atoms with Gasteiger partial charge in [-0.1, -0.05) is 0 Å². The zero-order valence-electron chi connectivity index (χ0n) is 10.8. The number of aryl methyl sites for hydroxylation is 1. The summed E-state index contributed by atoms with van der Waals surface area (Å²) >= 11 is 0. The van der Waals surface area contributed by atoms with Crippen LogP contribution in [0.15, 0.2) is 18.2 Å². The molecule has 1 N–H and O–H groups in total. The van der Waals surface area contributed by atoms with Gasteiger partial charge in [-0.05, 0) is 38.0 Å². The third kappa shape index (κ3) is 2.21. The molecule has 0 saturated carbocycles. The van der Waals surface area contributed by atoms with Crippen LogP contribution in [0, 0.1) is 6.92 Å². The highest BCUT2D eigenvalue weighted by atomic mass is 16.5. The van der Waals surface area contributed by atoms with Gasteiger partial charge in [0.15, 0.2) is 0 Å². The van der Waals surface area contributed by atoms with Crippen LogP contribution in [0.3, 0.4) is 0 Å². The summed E-state index contributed by atoms with van der Waals surface area (Å²) in [5, 5.41) is 9.00. The van der Waals surface area contributed by atoms with E-state index in [9.17, 15) is 4.79 Å². The summed E-state index contributed by atoms with van der Waals surface area (Å²) in [5.74, 6) is -0.0266. The number of ether oxygens (including phenoxy) is 1. The average Bonchev–Trinajstić information content (AvgIpc) is 2.98. The molecule has 1 atom stereocenters. The van der Waals surface area contributed by atoms with Crippen LogP contribution in [0.1, 0.15) is 29.0 Å². The van der Waals surface area contributed by atoms with Crippen molar-refractivity contribution in [2.45, 2.75) is 32.4 Å². The van der Waals surface area contributed by atoms with Crippen LogP contribution in [-0.4, -0.2) is 33.3 Å². The van der Waals surface area contributed by atoms with E-state index < -0.39 is 5.97 Å². The predicted octanol–water partition coefficient (Wildman–Crippen LogP) is 2.22. The van der Waals surface area contributed by atoms with E-state index in [-0.39, 0.29) is 11.7 Å². The van der Waals surface area contributed by atoms with E-state index in [4.69, 9.17) is 9.84 Å². The number of aromatic carboxylic acids is 1. The lowest BCUT2D eigenvalue weighted by Gasteiger charge is -2.12. The number of rotatable bonds is 3. The Hall–Kier alpha value is -1.88. The first-order valence-corrected chi connectivity index (χ1v) is 6.47. The van der Waals surface area contributed by atoms with E-state index in [0.717, 1.165) is 42.9 Å². The number of carboxylic acids is 1. The number of carbonyl (C=O) groups is 1. The SMILES string of the molecule is Cc1nc2cc(C(=O)O)ccc2n1C[C@H]1CCCO1. The summed E-state index contributed by atoms with van der Waals surface area (Å²) in [6, 6.07) is 5.07.